The fraction of sp³-hybridized carbons (Fsp3) is 0.833. The van der Waals surface area contributed by atoms with Gasteiger partial charge in [-0.25, -0.2) is 0 Å². The Bertz CT molecular complexity index is 1090. The predicted octanol–water partition coefficient (Wildman–Crippen LogP) is 4.71. The Hall–Kier alpha value is -1.95. The molecule has 1 saturated heterocycles. The molecule has 0 aromatic carbocycles. The van der Waals surface area contributed by atoms with Crippen LogP contribution in [0.3, 0.4) is 0 Å². The lowest BCUT2D eigenvalue weighted by Gasteiger charge is -2.48. The molecule has 13 heteroatoms. The highest BCUT2D eigenvalue weighted by Gasteiger charge is 2.60. The van der Waals surface area contributed by atoms with Crippen LogP contribution in [0.4, 0.5) is 0 Å². The normalized spacial score (nSPS) is 27.9. The van der Waals surface area contributed by atoms with E-state index in [-0.39, 0.29) is 6.42 Å². The zero-order chi connectivity index (χ0) is 33.5. The van der Waals surface area contributed by atoms with E-state index in [9.17, 15) is 24.0 Å². The highest BCUT2D eigenvalue weighted by Crippen LogP contribution is 2.44. The van der Waals surface area contributed by atoms with E-state index in [1.54, 1.807) is 83.1 Å². The fourth-order valence-electron chi connectivity index (χ4n) is 3.58. The SMILES string of the molecule is CC(C)(C)C(=O)OC[C@H]1O[C@@H](OC2CC(=O)C2(Cl)Cl)[C@H](OC(=O)C(C)(C)C)[C@@H](OC(=O)C(C)(C)C)[C@H]1OC(=O)C(C)(C)C. The molecule has 1 aliphatic carbocycles. The summed E-state index contributed by atoms with van der Waals surface area (Å²) in [7, 11) is 0. The standard InChI is InChI=1S/C30H46Cl2O11/c1-26(2,3)22(34)38-14-15-18(41-23(35)27(4,5)6)19(42-24(36)28(7,8)9)20(43-25(37)29(10,11)12)21(39-15)40-17-13-16(33)30(17,31)32/h15,17-21H,13-14H2,1-12H3/t15-,17?,18+,19+,20-,21+/m1/s1. The number of Topliss-reactive ketones (excluding diaryl/α,β-unsaturated/α-hetero) is 1. The lowest BCUT2D eigenvalue weighted by molar-refractivity contribution is -0.323. The first-order chi connectivity index (χ1) is 19.2. The Morgan fingerprint density at radius 2 is 1.09 bits per heavy atom. The first-order valence-corrected chi connectivity index (χ1v) is 15.0. The van der Waals surface area contributed by atoms with Crippen LogP contribution in [0.1, 0.15) is 89.5 Å². The third-order valence-corrected chi connectivity index (χ3v) is 7.50. The van der Waals surface area contributed by atoms with Gasteiger partial charge in [-0.15, -0.1) is 0 Å². The summed E-state index contributed by atoms with van der Waals surface area (Å²) in [5, 5.41) is 0. The number of ether oxygens (including phenoxy) is 6. The van der Waals surface area contributed by atoms with Gasteiger partial charge in [-0.3, -0.25) is 24.0 Å². The molecule has 11 nitrogen and oxygen atoms in total. The molecule has 1 saturated carbocycles. The van der Waals surface area contributed by atoms with Crippen LogP contribution < -0.4 is 0 Å². The van der Waals surface area contributed by atoms with Crippen LogP contribution in [0.2, 0.25) is 0 Å². The molecule has 2 rings (SSSR count). The van der Waals surface area contributed by atoms with Gasteiger partial charge < -0.3 is 28.4 Å². The number of alkyl halides is 2. The summed E-state index contributed by atoms with van der Waals surface area (Å²) >= 11 is 12.4. The average molecular weight is 654 g/mol. The van der Waals surface area contributed by atoms with Crippen molar-refractivity contribution in [3.05, 3.63) is 0 Å². The first-order valence-electron chi connectivity index (χ1n) is 14.2. The lowest BCUT2D eigenvalue weighted by atomic mass is 9.91. The van der Waals surface area contributed by atoms with Gasteiger partial charge in [-0.2, -0.15) is 0 Å². The minimum absolute atomic E-state index is 0.161. The summed E-state index contributed by atoms with van der Waals surface area (Å²) in [6, 6.07) is 0. The van der Waals surface area contributed by atoms with Crippen molar-refractivity contribution in [3.8, 4) is 0 Å². The Morgan fingerprint density at radius 1 is 0.698 bits per heavy atom. The summed E-state index contributed by atoms with van der Waals surface area (Å²) in [5.74, 6) is -3.17. The van der Waals surface area contributed by atoms with Gasteiger partial charge in [-0.1, -0.05) is 23.2 Å². The average Bonchev–Trinajstić information content (AvgIpc) is 2.82. The van der Waals surface area contributed by atoms with Crippen LogP contribution in [-0.4, -0.2) is 77.4 Å². The largest absolute Gasteiger partial charge is 0.462 e. The molecule has 246 valence electrons. The molecular weight excluding hydrogens is 607 g/mol. The molecule has 0 spiro atoms. The second-order valence-electron chi connectivity index (χ2n) is 15.1. The number of esters is 4. The molecule has 43 heavy (non-hydrogen) atoms. The molecule has 0 N–H and O–H groups in total. The quantitative estimate of drug-likeness (QED) is 0.214. The van der Waals surface area contributed by atoms with Crippen molar-refractivity contribution in [2.45, 2.75) is 131 Å². The smallest absolute Gasteiger partial charge is 0.311 e. The molecule has 1 unspecified atom stereocenters. The second-order valence-corrected chi connectivity index (χ2v) is 16.5. The molecule has 0 aromatic rings. The van der Waals surface area contributed by atoms with Crippen LogP contribution in [-0.2, 0) is 52.4 Å². The van der Waals surface area contributed by atoms with E-state index in [4.69, 9.17) is 51.6 Å². The van der Waals surface area contributed by atoms with Crippen LogP contribution in [0.15, 0.2) is 0 Å². The number of hydrogen-bond donors (Lipinski definition) is 0. The molecule has 2 aliphatic rings. The topological polar surface area (TPSA) is 141 Å². The van der Waals surface area contributed by atoms with Gasteiger partial charge in [0.2, 0.25) is 4.33 Å². The van der Waals surface area contributed by atoms with E-state index in [0.717, 1.165) is 0 Å². The maximum atomic E-state index is 13.3. The second kappa shape index (κ2) is 12.8. The maximum Gasteiger partial charge on any atom is 0.311 e. The van der Waals surface area contributed by atoms with Crippen LogP contribution >= 0.6 is 23.2 Å². The number of hydrogen-bond acceptors (Lipinski definition) is 11. The monoisotopic (exact) mass is 652 g/mol. The number of halogens is 2. The van der Waals surface area contributed by atoms with E-state index in [1.807, 2.05) is 0 Å². The Kier molecular flexibility index (Phi) is 11.1. The van der Waals surface area contributed by atoms with Gasteiger partial charge in [0.1, 0.15) is 18.8 Å². The number of rotatable bonds is 7. The van der Waals surface area contributed by atoms with E-state index in [0.29, 0.717) is 0 Å². The third kappa shape index (κ3) is 9.28. The van der Waals surface area contributed by atoms with Crippen molar-refractivity contribution in [2.75, 3.05) is 6.61 Å². The molecule has 0 radical (unpaired) electrons. The summed E-state index contributed by atoms with van der Waals surface area (Å²) in [6.45, 7) is 19.1. The summed E-state index contributed by atoms with van der Waals surface area (Å²) < 4.78 is 33.4. The zero-order valence-electron chi connectivity index (χ0n) is 27.1. The summed E-state index contributed by atoms with van der Waals surface area (Å²) in [4.78, 5) is 64.4. The molecule has 0 aromatic heterocycles. The third-order valence-electron chi connectivity index (χ3n) is 6.59. The Labute approximate surface area is 263 Å². The van der Waals surface area contributed by atoms with Gasteiger partial charge in [0.05, 0.1) is 21.7 Å². The Balaban J connectivity index is 2.67. The summed E-state index contributed by atoms with van der Waals surface area (Å²) in [6.07, 6.45) is -8.44. The fourth-order valence-corrected chi connectivity index (χ4v) is 3.99. The van der Waals surface area contributed by atoms with Crippen molar-refractivity contribution >= 4 is 52.9 Å². The van der Waals surface area contributed by atoms with Crippen molar-refractivity contribution in [3.63, 3.8) is 0 Å². The number of carbonyl (C=O) groups excluding carboxylic acids is 5. The van der Waals surface area contributed by atoms with Gasteiger partial charge in [0, 0.05) is 6.42 Å². The van der Waals surface area contributed by atoms with Crippen molar-refractivity contribution in [1.29, 1.82) is 0 Å². The molecule has 0 amide bonds. The molecule has 0 bridgehead atoms. The first kappa shape index (κ1) is 37.2. The molecule has 6 atom stereocenters. The minimum atomic E-state index is -1.90. The van der Waals surface area contributed by atoms with Crippen molar-refractivity contribution < 1.29 is 52.4 Å². The minimum Gasteiger partial charge on any atom is -0.462 e. The van der Waals surface area contributed by atoms with E-state index >= 15 is 0 Å². The predicted molar refractivity (Wildman–Crippen MR) is 156 cm³/mol. The number of carbonyl (C=O) groups is 5. The van der Waals surface area contributed by atoms with Gasteiger partial charge >= 0.3 is 23.9 Å². The molecule has 1 heterocycles. The van der Waals surface area contributed by atoms with Gasteiger partial charge in [-0.05, 0) is 83.1 Å². The van der Waals surface area contributed by atoms with E-state index < -0.39 is 99.1 Å². The van der Waals surface area contributed by atoms with Crippen LogP contribution in [0.5, 0.6) is 0 Å². The van der Waals surface area contributed by atoms with E-state index in [2.05, 4.69) is 0 Å². The highest BCUT2D eigenvalue weighted by atomic mass is 35.5. The summed E-state index contributed by atoms with van der Waals surface area (Å²) in [5.41, 5.74) is -3.93. The van der Waals surface area contributed by atoms with Crippen molar-refractivity contribution in [2.24, 2.45) is 21.7 Å². The molecule has 1 aliphatic heterocycles. The molecular formula is C30H46Cl2O11. The molecule has 2 fully saturated rings. The van der Waals surface area contributed by atoms with Crippen LogP contribution in [0, 0.1) is 21.7 Å². The zero-order valence-corrected chi connectivity index (χ0v) is 28.6. The highest BCUT2D eigenvalue weighted by molar-refractivity contribution is 6.61. The van der Waals surface area contributed by atoms with Crippen LogP contribution in [0.25, 0.3) is 0 Å². The number of ketones is 1. The van der Waals surface area contributed by atoms with Crippen molar-refractivity contribution in [1.82, 2.24) is 0 Å². The maximum absolute atomic E-state index is 13.3. The lowest BCUT2D eigenvalue weighted by Crippen LogP contribution is -2.66. The van der Waals surface area contributed by atoms with Gasteiger partial charge in [0.15, 0.2) is 30.4 Å². The van der Waals surface area contributed by atoms with E-state index in [1.165, 1.54) is 0 Å². The Morgan fingerprint density at radius 3 is 1.47 bits per heavy atom. The van der Waals surface area contributed by atoms with Gasteiger partial charge in [0.25, 0.3) is 0 Å².